The van der Waals surface area contributed by atoms with Gasteiger partial charge in [-0.2, -0.15) is 0 Å². The lowest BCUT2D eigenvalue weighted by atomic mass is 10.1. The molecule has 0 radical (unpaired) electrons. The van der Waals surface area contributed by atoms with Gasteiger partial charge < -0.3 is 15.3 Å². The number of benzene rings is 1. The van der Waals surface area contributed by atoms with Crippen LogP contribution in [0.1, 0.15) is 39.2 Å². The van der Waals surface area contributed by atoms with Crippen molar-refractivity contribution in [3.05, 3.63) is 29.8 Å². The molecule has 0 saturated heterocycles. The van der Waals surface area contributed by atoms with Crippen LogP contribution in [-0.2, 0) is 4.79 Å². The zero-order chi connectivity index (χ0) is 15.0. The van der Waals surface area contributed by atoms with Gasteiger partial charge in [0.05, 0.1) is 18.7 Å². The molecule has 110 valence electrons. The number of hydrogen-bond acceptors (Lipinski definition) is 4. The van der Waals surface area contributed by atoms with Crippen molar-refractivity contribution < 1.29 is 14.7 Å². The largest absolute Gasteiger partial charge is 0.492 e. The van der Waals surface area contributed by atoms with E-state index in [4.69, 9.17) is 9.94 Å². The monoisotopic (exact) mass is 278 g/mol. The zero-order valence-corrected chi connectivity index (χ0v) is 12.2. The van der Waals surface area contributed by atoms with E-state index in [2.05, 4.69) is 10.5 Å². The molecule has 0 aliphatic heterocycles. The first kappa shape index (κ1) is 16.0. The fourth-order valence-electron chi connectivity index (χ4n) is 1.79. The molecule has 0 spiro atoms. The molecule has 1 aromatic carbocycles. The van der Waals surface area contributed by atoms with E-state index in [1.54, 1.807) is 6.07 Å². The molecule has 1 aromatic rings. The van der Waals surface area contributed by atoms with E-state index < -0.39 is 0 Å². The van der Waals surface area contributed by atoms with Gasteiger partial charge in [0.2, 0.25) is 5.91 Å². The summed E-state index contributed by atoms with van der Waals surface area (Å²) in [6, 6.07) is 7.47. The first-order valence-electron chi connectivity index (χ1n) is 6.81. The van der Waals surface area contributed by atoms with Crippen LogP contribution in [0.15, 0.2) is 29.4 Å². The summed E-state index contributed by atoms with van der Waals surface area (Å²) in [5.41, 5.74) is 1.31. The Bertz CT molecular complexity index is 470. The van der Waals surface area contributed by atoms with Gasteiger partial charge in [0.1, 0.15) is 5.75 Å². The third-order valence-electron chi connectivity index (χ3n) is 2.69. The molecule has 0 aliphatic carbocycles. The SMILES string of the molecule is CCC(=NO)c1ccccc1OCCC(=O)NC(C)C. The number of ether oxygens (including phenoxy) is 1. The van der Waals surface area contributed by atoms with Gasteiger partial charge in [-0.3, -0.25) is 4.79 Å². The molecule has 20 heavy (non-hydrogen) atoms. The van der Waals surface area contributed by atoms with Gasteiger partial charge in [-0.05, 0) is 32.4 Å². The van der Waals surface area contributed by atoms with Crippen molar-refractivity contribution in [3.8, 4) is 5.75 Å². The number of carbonyl (C=O) groups excluding carboxylic acids is 1. The lowest BCUT2D eigenvalue weighted by Crippen LogP contribution is -2.31. The minimum Gasteiger partial charge on any atom is -0.492 e. The molecule has 0 saturated carbocycles. The quantitative estimate of drug-likeness (QED) is 0.457. The van der Waals surface area contributed by atoms with Gasteiger partial charge >= 0.3 is 0 Å². The van der Waals surface area contributed by atoms with Crippen molar-refractivity contribution >= 4 is 11.6 Å². The summed E-state index contributed by atoms with van der Waals surface area (Å²) in [5, 5.41) is 15.1. The second kappa shape index (κ2) is 8.19. The Morgan fingerprint density at radius 2 is 2.10 bits per heavy atom. The second-order valence-electron chi connectivity index (χ2n) is 4.72. The molecule has 0 unspecified atom stereocenters. The Balaban J connectivity index is 2.63. The summed E-state index contributed by atoms with van der Waals surface area (Å²) in [5.74, 6) is 0.587. The predicted octanol–water partition coefficient (Wildman–Crippen LogP) is 2.57. The summed E-state index contributed by atoms with van der Waals surface area (Å²) in [4.78, 5) is 11.5. The summed E-state index contributed by atoms with van der Waals surface area (Å²) < 4.78 is 5.62. The summed E-state index contributed by atoms with van der Waals surface area (Å²) in [6.45, 7) is 6.03. The van der Waals surface area contributed by atoms with E-state index in [0.717, 1.165) is 5.56 Å². The zero-order valence-electron chi connectivity index (χ0n) is 12.2. The average molecular weight is 278 g/mol. The molecular weight excluding hydrogens is 256 g/mol. The summed E-state index contributed by atoms with van der Waals surface area (Å²) in [7, 11) is 0. The highest BCUT2D eigenvalue weighted by atomic mass is 16.5. The van der Waals surface area contributed by atoms with Crippen LogP contribution in [-0.4, -0.2) is 29.5 Å². The van der Waals surface area contributed by atoms with Gasteiger partial charge in [-0.15, -0.1) is 0 Å². The third-order valence-corrected chi connectivity index (χ3v) is 2.69. The van der Waals surface area contributed by atoms with Crippen molar-refractivity contribution in [3.63, 3.8) is 0 Å². The predicted molar refractivity (Wildman–Crippen MR) is 78.4 cm³/mol. The molecule has 1 amide bonds. The van der Waals surface area contributed by atoms with E-state index in [0.29, 0.717) is 24.3 Å². The Labute approximate surface area is 119 Å². The molecule has 0 atom stereocenters. The maximum Gasteiger partial charge on any atom is 0.223 e. The maximum atomic E-state index is 11.5. The molecule has 0 fully saturated rings. The van der Waals surface area contributed by atoms with Crippen molar-refractivity contribution in [1.82, 2.24) is 5.32 Å². The molecule has 5 nitrogen and oxygen atoms in total. The smallest absolute Gasteiger partial charge is 0.223 e. The number of para-hydroxylation sites is 1. The normalized spacial score (nSPS) is 11.5. The Kier molecular flexibility index (Phi) is 6.56. The van der Waals surface area contributed by atoms with Gasteiger partial charge in [0, 0.05) is 11.6 Å². The van der Waals surface area contributed by atoms with Gasteiger partial charge in [0.25, 0.3) is 0 Å². The van der Waals surface area contributed by atoms with Crippen LogP contribution in [0.2, 0.25) is 0 Å². The molecule has 0 aromatic heterocycles. The molecular formula is C15H22N2O3. The van der Waals surface area contributed by atoms with Crippen molar-refractivity contribution in [2.45, 2.75) is 39.7 Å². The molecule has 5 heteroatoms. The minimum absolute atomic E-state index is 0.0379. The fourth-order valence-corrected chi connectivity index (χ4v) is 1.79. The molecule has 2 N–H and O–H groups in total. The summed E-state index contributed by atoms with van der Waals surface area (Å²) in [6.07, 6.45) is 0.898. The Morgan fingerprint density at radius 3 is 2.70 bits per heavy atom. The van der Waals surface area contributed by atoms with E-state index in [9.17, 15) is 4.79 Å². The maximum absolute atomic E-state index is 11.5. The highest BCUT2D eigenvalue weighted by Crippen LogP contribution is 2.20. The lowest BCUT2D eigenvalue weighted by Gasteiger charge is -2.12. The average Bonchev–Trinajstić information content (AvgIpc) is 2.41. The molecule has 0 aliphatic rings. The number of nitrogens with one attached hydrogen (secondary N) is 1. The van der Waals surface area contributed by atoms with Crippen LogP contribution < -0.4 is 10.1 Å². The van der Waals surface area contributed by atoms with Crippen molar-refractivity contribution in [1.29, 1.82) is 0 Å². The highest BCUT2D eigenvalue weighted by molar-refractivity contribution is 6.02. The highest BCUT2D eigenvalue weighted by Gasteiger charge is 2.10. The number of rotatable bonds is 7. The second-order valence-corrected chi connectivity index (χ2v) is 4.72. The first-order chi connectivity index (χ1) is 9.58. The van der Waals surface area contributed by atoms with Crippen molar-refractivity contribution in [2.75, 3.05) is 6.61 Å². The van der Waals surface area contributed by atoms with Crippen LogP contribution in [0.25, 0.3) is 0 Å². The van der Waals surface area contributed by atoms with Crippen LogP contribution in [0.4, 0.5) is 0 Å². The topological polar surface area (TPSA) is 70.9 Å². The van der Waals surface area contributed by atoms with E-state index in [1.807, 2.05) is 39.0 Å². The van der Waals surface area contributed by atoms with Crippen LogP contribution in [0, 0.1) is 0 Å². The van der Waals surface area contributed by atoms with Crippen LogP contribution >= 0.6 is 0 Å². The van der Waals surface area contributed by atoms with E-state index in [-0.39, 0.29) is 18.6 Å². The Morgan fingerprint density at radius 1 is 1.40 bits per heavy atom. The van der Waals surface area contributed by atoms with Gasteiger partial charge in [-0.1, -0.05) is 24.2 Å². The molecule has 0 bridgehead atoms. The Hall–Kier alpha value is -2.04. The number of amides is 1. The molecule has 0 heterocycles. The number of nitrogens with zero attached hydrogens (tertiary/aromatic N) is 1. The fraction of sp³-hybridized carbons (Fsp3) is 0.467. The van der Waals surface area contributed by atoms with Gasteiger partial charge in [0.15, 0.2) is 0 Å². The lowest BCUT2D eigenvalue weighted by molar-refractivity contribution is -0.122. The number of carbonyl (C=O) groups is 1. The molecule has 1 rings (SSSR count). The van der Waals surface area contributed by atoms with Crippen LogP contribution in [0.5, 0.6) is 5.75 Å². The third kappa shape index (κ3) is 4.91. The minimum atomic E-state index is -0.0379. The number of hydrogen-bond donors (Lipinski definition) is 2. The van der Waals surface area contributed by atoms with Crippen molar-refractivity contribution in [2.24, 2.45) is 5.16 Å². The van der Waals surface area contributed by atoms with E-state index in [1.165, 1.54) is 0 Å². The first-order valence-corrected chi connectivity index (χ1v) is 6.81. The van der Waals surface area contributed by atoms with E-state index >= 15 is 0 Å². The van der Waals surface area contributed by atoms with Gasteiger partial charge in [-0.25, -0.2) is 0 Å². The summed E-state index contributed by atoms with van der Waals surface area (Å²) >= 11 is 0. The van der Waals surface area contributed by atoms with Crippen LogP contribution in [0.3, 0.4) is 0 Å². The number of oxime groups is 1. The standard InChI is InChI=1S/C15H22N2O3/c1-4-13(17-19)12-7-5-6-8-14(12)20-10-9-15(18)16-11(2)3/h5-8,11,19H,4,9-10H2,1-3H3,(H,16,18).